The first-order valence-corrected chi connectivity index (χ1v) is 9.17. The lowest BCUT2D eigenvalue weighted by Gasteiger charge is -2.17. The predicted octanol–water partition coefficient (Wildman–Crippen LogP) is 5.75. The molecule has 0 radical (unpaired) electrons. The lowest BCUT2D eigenvalue weighted by Crippen LogP contribution is -2.06. The van der Waals surface area contributed by atoms with Gasteiger partial charge in [0.15, 0.2) is 0 Å². The van der Waals surface area contributed by atoms with Gasteiger partial charge in [-0.1, -0.05) is 73.3 Å². The fourth-order valence-electron chi connectivity index (χ4n) is 3.61. The topological polar surface area (TPSA) is 0 Å². The van der Waals surface area contributed by atoms with E-state index in [9.17, 15) is 0 Å². The van der Waals surface area contributed by atoms with Gasteiger partial charge in [-0.05, 0) is 47.9 Å². The summed E-state index contributed by atoms with van der Waals surface area (Å²) in [7, 11) is 0. The van der Waals surface area contributed by atoms with Gasteiger partial charge < -0.3 is 0 Å². The van der Waals surface area contributed by atoms with Gasteiger partial charge in [0.2, 0.25) is 0 Å². The van der Waals surface area contributed by atoms with Crippen LogP contribution >= 0.6 is 22.6 Å². The third-order valence-electron chi connectivity index (χ3n) is 4.62. The van der Waals surface area contributed by atoms with E-state index in [4.69, 9.17) is 0 Å². The number of alkyl halides is 1. The molecule has 0 aromatic carbocycles. The molecule has 17 heavy (non-hydrogen) atoms. The number of allylic oxidation sites excluding steroid dienone is 2. The van der Waals surface area contributed by atoms with Crippen molar-refractivity contribution in [1.29, 1.82) is 0 Å². The largest absolute Gasteiger partial charge is 0.0864 e. The minimum Gasteiger partial charge on any atom is -0.0864 e. The number of fused-ring (bicyclic) bond motifs is 2. The molecule has 2 rings (SSSR count). The molecule has 2 aliphatic rings. The van der Waals surface area contributed by atoms with Gasteiger partial charge in [-0.25, -0.2) is 0 Å². The van der Waals surface area contributed by atoms with Crippen LogP contribution in [0.3, 0.4) is 0 Å². The minimum atomic E-state index is 0.971. The highest BCUT2D eigenvalue weighted by Crippen LogP contribution is 2.45. The molecule has 1 saturated carbocycles. The summed E-state index contributed by atoms with van der Waals surface area (Å²) in [4.78, 5) is 0. The highest BCUT2D eigenvalue weighted by Gasteiger charge is 2.34. The van der Waals surface area contributed by atoms with Crippen LogP contribution in [0.2, 0.25) is 0 Å². The average molecular weight is 346 g/mol. The SMILES string of the molecule is ICCCCCCCCCC1CC2C=CC1C2. The zero-order chi connectivity index (χ0) is 11.9. The molecule has 0 aliphatic heterocycles. The van der Waals surface area contributed by atoms with E-state index in [-0.39, 0.29) is 0 Å². The number of rotatable bonds is 9. The van der Waals surface area contributed by atoms with E-state index in [1.165, 1.54) is 68.6 Å². The Hall–Kier alpha value is 0.470. The van der Waals surface area contributed by atoms with Crippen LogP contribution in [0, 0.1) is 17.8 Å². The van der Waals surface area contributed by atoms with Crippen molar-refractivity contribution in [2.45, 2.75) is 64.2 Å². The lowest BCUT2D eigenvalue weighted by molar-refractivity contribution is 0.393. The summed E-state index contributed by atoms with van der Waals surface area (Å²) in [5.74, 6) is 3.01. The van der Waals surface area contributed by atoms with Crippen molar-refractivity contribution < 1.29 is 0 Å². The van der Waals surface area contributed by atoms with Crippen molar-refractivity contribution in [2.24, 2.45) is 17.8 Å². The predicted molar refractivity (Wildman–Crippen MR) is 84.7 cm³/mol. The maximum Gasteiger partial charge on any atom is -0.000473 e. The van der Waals surface area contributed by atoms with Gasteiger partial charge >= 0.3 is 0 Å². The van der Waals surface area contributed by atoms with Gasteiger partial charge in [-0.2, -0.15) is 0 Å². The normalized spacial score (nSPS) is 30.3. The summed E-state index contributed by atoms with van der Waals surface area (Å²) in [6.07, 6.45) is 19.8. The molecule has 3 unspecified atom stereocenters. The number of unbranched alkanes of at least 4 members (excludes halogenated alkanes) is 6. The van der Waals surface area contributed by atoms with Gasteiger partial charge in [-0.3, -0.25) is 0 Å². The maximum atomic E-state index is 2.50. The van der Waals surface area contributed by atoms with E-state index >= 15 is 0 Å². The standard InChI is InChI=1S/C16H27I/c17-11-7-5-3-1-2-4-6-8-15-12-14-9-10-16(15)13-14/h9-10,14-16H,1-8,11-13H2. The van der Waals surface area contributed by atoms with Crippen LogP contribution < -0.4 is 0 Å². The number of hydrogen-bond donors (Lipinski definition) is 0. The molecule has 0 spiro atoms. The molecule has 1 fully saturated rings. The number of halogens is 1. The van der Waals surface area contributed by atoms with E-state index in [0.29, 0.717) is 0 Å². The molecule has 0 N–H and O–H groups in total. The Morgan fingerprint density at radius 3 is 2.12 bits per heavy atom. The fraction of sp³-hybridized carbons (Fsp3) is 0.875. The molecule has 0 aromatic heterocycles. The minimum absolute atomic E-state index is 0.971. The second kappa shape index (κ2) is 7.81. The highest BCUT2D eigenvalue weighted by molar-refractivity contribution is 14.1. The Kier molecular flexibility index (Phi) is 6.38. The third kappa shape index (κ3) is 4.57. The lowest BCUT2D eigenvalue weighted by atomic mass is 9.88. The van der Waals surface area contributed by atoms with E-state index in [2.05, 4.69) is 34.7 Å². The Bertz CT molecular complexity index is 234. The molecule has 0 amide bonds. The van der Waals surface area contributed by atoms with Gasteiger partial charge in [0.1, 0.15) is 0 Å². The summed E-state index contributed by atoms with van der Waals surface area (Å²) < 4.78 is 1.34. The molecule has 1 heteroatoms. The molecule has 3 atom stereocenters. The molecule has 2 aliphatic carbocycles. The second-order valence-corrected chi connectivity index (χ2v) is 7.07. The average Bonchev–Trinajstić information content (AvgIpc) is 2.94. The van der Waals surface area contributed by atoms with E-state index in [0.717, 1.165) is 17.8 Å². The molecule has 0 saturated heterocycles. The van der Waals surface area contributed by atoms with Crippen LogP contribution in [-0.2, 0) is 0 Å². The highest BCUT2D eigenvalue weighted by atomic mass is 127. The Morgan fingerprint density at radius 1 is 0.824 bits per heavy atom. The van der Waals surface area contributed by atoms with Crippen LogP contribution in [-0.4, -0.2) is 4.43 Å². The monoisotopic (exact) mass is 346 g/mol. The Morgan fingerprint density at radius 2 is 1.53 bits per heavy atom. The summed E-state index contributed by atoms with van der Waals surface area (Å²) in [6.45, 7) is 0. The van der Waals surface area contributed by atoms with Crippen LogP contribution in [0.4, 0.5) is 0 Å². The summed E-state index contributed by atoms with van der Waals surface area (Å²) >= 11 is 2.49. The first-order valence-electron chi connectivity index (χ1n) is 7.64. The third-order valence-corrected chi connectivity index (χ3v) is 5.39. The van der Waals surface area contributed by atoms with Crippen molar-refractivity contribution >= 4 is 22.6 Å². The fourth-order valence-corrected chi connectivity index (χ4v) is 4.15. The zero-order valence-electron chi connectivity index (χ0n) is 11.0. The van der Waals surface area contributed by atoms with Crippen LogP contribution in [0.1, 0.15) is 64.2 Å². The van der Waals surface area contributed by atoms with E-state index in [1.54, 1.807) is 0 Å². The van der Waals surface area contributed by atoms with Crippen LogP contribution in [0.15, 0.2) is 12.2 Å². The van der Waals surface area contributed by atoms with E-state index < -0.39 is 0 Å². The summed E-state index contributed by atoms with van der Waals surface area (Å²) in [6, 6.07) is 0. The molecule has 2 bridgehead atoms. The van der Waals surface area contributed by atoms with Crippen molar-refractivity contribution in [3.63, 3.8) is 0 Å². The van der Waals surface area contributed by atoms with Crippen molar-refractivity contribution in [2.75, 3.05) is 4.43 Å². The summed E-state index contributed by atoms with van der Waals surface area (Å²) in [5, 5.41) is 0. The van der Waals surface area contributed by atoms with Crippen molar-refractivity contribution in [3.8, 4) is 0 Å². The van der Waals surface area contributed by atoms with Gasteiger partial charge in [0.05, 0.1) is 0 Å². The Balaban J connectivity index is 1.41. The number of hydrogen-bond acceptors (Lipinski definition) is 0. The molecule has 0 nitrogen and oxygen atoms in total. The summed E-state index contributed by atoms with van der Waals surface area (Å²) in [5.41, 5.74) is 0. The smallest absolute Gasteiger partial charge is 0.000473 e. The molecular weight excluding hydrogens is 319 g/mol. The molecule has 0 heterocycles. The first kappa shape index (κ1) is 13.9. The quantitative estimate of drug-likeness (QED) is 0.216. The van der Waals surface area contributed by atoms with Crippen molar-refractivity contribution in [1.82, 2.24) is 0 Å². The Labute approximate surface area is 121 Å². The van der Waals surface area contributed by atoms with Gasteiger partial charge in [-0.15, -0.1) is 0 Å². The first-order chi connectivity index (χ1) is 8.40. The zero-order valence-corrected chi connectivity index (χ0v) is 13.2. The van der Waals surface area contributed by atoms with Gasteiger partial charge in [0.25, 0.3) is 0 Å². The van der Waals surface area contributed by atoms with Crippen LogP contribution in [0.25, 0.3) is 0 Å². The molecule has 0 aromatic rings. The molecular formula is C16H27I. The van der Waals surface area contributed by atoms with Crippen molar-refractivity contribution in [3.05, 3.63) is 12.2 Å². The second-order valence-electron chi connectivity index (χ2n) is 5.99. The molecule has 98 valence electrons. The van der Waals surface area contributed by atoms with E-state index in [1.807, 2.05) is 0 Å². The van der Waals surface area contributed by atoms with Crippen LogP contribution in [0.5, 0.6) is 0 Å². The van der Waals surface area contributed by atoms with Gasteiger partial charge in [0, 0.05) is 0 Å². The maximum absolute atomic E-state index is 2.50.